The topological polar surface area (TPSA) is 80.1 Å². The highest BCUT2D eigenvalue weighted by atomic mass is 35.5. The highest BCUT2D eigenvalue weighted by Crippen LogP contribution is 2.52. The predicted octanol–water partition coefficient (Wildman–Crippen LogP) is 5.51. The summed E-state index contributed by atoms with van der Waals surface area (Å²) in [6.07, 6.45) is -0.153. The van der Waals surface area contributed by atoms with E-state index >= 15 is 0 Å². The van der Waals surface area contributed by atoms with Crippen LogP contribution in [0.5, 0.6) is 0 Å². The molecular weight excluding hydrogens is 516 g/mol. The number of carbonyl (C=O) groups excluding carboxylic acids is 2. The van der Waals surface area contributed by atoms with Crippen molar-refractivity contribution in [3.8, 4) is 0 Å². The van der Waals surface area contributed by atoms with Crippen LogP contribution in [0.25, 0.3) is 0 Å². The Labute approximate surface area is 221 Å². The first kappa shape index (κ1) is 23.6. The van der Waals surface area contributed by atoms with E-state index in [4.69, 9.17) is 23.2 Å². The molecule has 0 aliphatic carbocycles. The molecule has 0 unspecified atom stereocenters. The molecule has 37 heavy (non-hydrogen) atoms. The molecule has 4 aromatic rings. The average Bonchev–Trinajstić information content (AvgIpc) is 3.38. The highest BCUT2D eigenvalue weighted by Gasteiger charge is 2.58. The van der Waals surface area contributed by atoms with Crippen molar-refractivity contribution < 1.29 is 14.0 Å². The lowest BCUT2D eigenvalue weighted by Crippen LogP contribution is -2.47. The second kappa shape index (κ2) is 8.68. The Morgan fingerprint density at radius 1 is 1.05 bits per heavy atom. The van der Waals surface area contributed by atoms with Gasteiger partial charge in [-0.3, -0.25) is 9.59 Å². The first-order valence-corrected chi connectivity index (χ1v) is 12.4. The third-order valence-electron chi connectivity index (χ3n) is 7.05. The summed E-state index contributed by atoms with van der Waals surface area (Å²) in [7, 11) is 0. The number of nitrogens with one attached hydrogen (secondary N) is 1. The Kier molecular flexibility index (Phi) is 5.54. The molecule has 7 nitrogen and oxygen atoms in total. The number of hydrogen-bond donors (Lipinski definition) is 1. The fraction of sp³-hybridized carbons (Fsp3) is 0.185. The number of hydrogen-bond acceptors (Lipinski definition) is 4. The van der Waals surface area contributed by atoms with E-state index in [1.54, 1.807) is 52.0 Å². The molecule has 0 fully saturated rings. The van der Waals surface area contributed by atoms with Crippen molar-refractivity contribution >= 4 is 46.5 Å². The molecule has 1 N–H and O–H groups in total. The van der Waals surface area contributed by atoms with Crippen molar-refractivity contribution in [2.24, 2.45) is 0 Å². The van der Waals surface area contributed by atoms with Gasteiger partial charge in [0.1, 0.15) is 16.9 Å². The van der Waals surface area contributed by atoms with Gasteiger partial charge in [0.25, 0.3) is 0 Å². The first-order chi connectivity index (χ1) is 17.8. The average molecular weight is 536 g/mol. The summed E-state index contributed by atoms with van der Waals surface area (Å²) in [5.74, 6) is -0.721. The summed E-state index contributed by atoms with van der Waals surface area (Å²) in [6, 6.07) is 18.2. The van der Waals surface area contributed by atoms with Crippen LogP contribution in [0.4, 0.5) is 15.9 Å². The maximum Gasteiger partial charge on any atom is 0.244 e. The fourth-order valence-electron chi connectivity index (χ4n) is 5.27. The third-order valence-corrected chi connectivity index (χ3v) is 7.54. The van der Waals surface area contributed by atoms with Gasteiger partial charge in [-0.2, -0.15) is 0 Å². The summed E-state index contributed by atoms with van der Waals surface area (Å²) in [5, 5.41) is 12.7. The van der Waals surface area contributed by atoms with Crippen LogP contribution in [0.3, 0.4) is 0 Å². The van der Waals surface area contributed by atoms with Gasteiger partial charge in [0.2, 0.25) is 11.8 Å². The maximum absolute atomic E-state index is 14.3. The van der Waals surface area contributed by atoms with Gasteiger partial charge >= 0.3 is 0 Å². The smallest absolute Gasteiger partial charge is 0.244 e. The molecular formula is C27H20Cl2FN5O2. The van der Waals surface area contributed by atoms with Crippen molar-refractivity contribution in [3.05, 3.63) is 105 Å². The normalized spacial score (nSPS) is 19.1. The number of rotatable bonds is 4. The minimum Gasteiger partial charge on any atom is -0.309 e. The monoisotopic (exact) mass is 535 g/mol. The second-order valence-corrected chi connectivity index (χ2v) is 10.1. The van der Waals surface area contributed by atoms with Gasteiger partial charge in [0, 0.05) is 15.7 Å². The molecule has 0 saturated heterocycles. The van der Waals surface area contributed by atoms with Gasteiger partial charge in [-0.05, 0) is 66.1 Å². The molecule has 0 saturated carbocycles. The molecule has 6 rings (SSSR count). The van der Waals surface area contributed by atoms with E-state index < -0.39 is 11.2 Å². The molecule has 0 radical (unpaired) electrons. The first-order valence-electron chi connectivity index (χ1n) is 11.7. The van der Waals surface area contributed by atoms with E-state index in [0.29, 0.717) is 38.4 Å². The maximum atomic E-state index is 14.3. The van der Waals surface area contributed by atoms with E-state index in [9.17, 15) is 14.0 Å². The SMILES string of the molecule is C[C@@H](c1ccc(Cl)cc1)n1nnc2c1NC(=O)C[C@]21C(=O)N(Cc2cccc(F)c2)c2ccc(Cl)cc21. The Morgan fingerprint density at radius 2 is 1.81 bits per heavy atom. The summed E-state index contributed by atoms with van der Waals surface area (Å²) >= 11 is 12.4. The van der Waals surface area contributed by atoms with Gasteiger partial charge < -0.3 is 10.2 Å². The molecule has 0 bridgehead atoms. The van der Waals surface area contributed by atoms with Crippen LogP contribution in [0.1, 0.15) is 41.8 Å². The molecule has 2 amide bonds. The minimum absolute atomic E-state index is 0.124. The summed E-state index contributed by atoms with van der Waals surface area (Å²) in [4.78, 5) is 29.0. The van der Waals surface area contributed by atoms with Crippen LogP contribution in [-0.2, 0) is 21.5 Å². The molecule has 3 heterocycles. The summed E-state index contributed by atoms with van der Waals surface area (Å²) in [5.41, 5.74) is 1.63. The number of carbonyl (C=O) groups is 2. The Bertz CT molecular complexity index is 1570. The van der Waals surface area contributed by atoms with Crippen molar-refractivity contribution in [2.45, 2.75) is 31.3 Å². The zero-order valence-electron chi connectivity index (χ0n) is 19.6. The number of anilines is 2. The zero-order valence-corrected chi connectivity index (χ0v) is 21.1. The Morgan fingerprint density at radius 3 is 2.57 bits per heavy atom. The molecule has 2 atom stereocenters. The number of halogens is 3. The number of amides is 2. The summed E-state index contributed by atoms with van der Waals surface area (Å²) < 4.78 is 15.5. The molecule has 2 aliphatic heterocycles. The molecule has 2 aliphatic rings. The molecule has 1 aromatic heterocycles. The Balaban J connectivity index is 1.50. The molecule has 186 valence electrons. The van der Waals surface area contributed by atoms with E-state index in [2.05, 4.69) is 15.6 Å². The lowest BCUT2D eigenvalue weighted by Gasteiger charge is -2.31. The van der Waals surface area contributed by atoms with Gasteiger partial charge in [-0.25, -0.2) is 9.07 Å². The number of benzene rings is 3. The van der Waals surface area contributed by atoms with Crippen LogP contribution in [0, 0.1) is 5.82 Å². The van der Waals surface area contributed by atoms with Gasteiger partial charge in [0.05, 0.1) is 19.0 Å². The Hall–Kier alpha value is -3.75. The van der Waals surface area contributed by atoms with Crippen molar-refractivity contribution in [1.29, 1.82) is 0 Å². The molecule has 10 heteroatoms. The third kappa shape index (κ3) is 3.70. The van der Waals surface area contributed by atoms with Gasteiger partial charge in [-0.15, -0.1) is 5.10 Å². The van der Waals surface area contributed by atoms with Crippen LogP contribution in [0.15, 0.2) is 66.7 Å². The van der Waals surface area contributed by atoms with Crippen LogP contribution in [0.2, 0.25) is 10.0 Å². The lowest BCUT2D eigenvalue weighted by atomic mass is 9.73. The number of nitrogens with zero attached hydrogens (tertiary/aromatic N) is 4. The van der Waals surface area contributed by atoms with E-state index in [1.807, 2.05) is 19.1 Å². The number of aromatic nitrogens is 3. The highest BCUT2D eigenvalue weighted by molar-refractivity contribution is 6.31. The van der Waals surface area contributed by atoms with E-state index in [-0.39, 0.29) is 30.8 Å². The standard InChI is InChI=1S/C27H20Cl2FN5O2/c1-15(17-5-7-18(28)8-6-17)35-25-24(32-33-35)27(13-23(36)31-25)21-12-19(29)9-10-22(21)34(26(27)37)14-16-3-2-4-20(30)11-16/h2-12,15H,13-14H2,1H3,(H,31,36)/t15-,27+/m0/s1. The van der Waals surface area contributed by atoms with Crippen molar-refractivity contribution in [3.63, 3.8) is 0 Å². The van der Waals surface area contributed by atoms with Gasteiger partial charge in [0.15, 0.2) is 5.82 Å². The molecule has 1 spiro atoms. The number of fused-ring (bicyclic) bond motifs is 4. The lowest BCUT2D eigenvalue weighted by molar-refractivity contribution is -0.126. The second-order valence-electron chi connectivity index (χ2n) is 9.27. The van der Waals surface area contributed by atoms with E-state index in [1.165, 1.54) is 12.1 Å². The van der Waals surface area contributed by atoms with Crippen molar-refractivity contribution in [2.75, 3.05) is 10.2 Å². The predicted molar refractivity (Wildman–Crippen MR) is 138 cm³/mol. The zero-order chi connectivity index (χ0) is 25.9. The van der Waals surface area contributed by atoms with E-state index in [0.717, 1.165) is 5.56 Å². The quantitative estimate of drug-likeness (QED) is 0.373. The minimum atomic E-state index is -1.41. The molecule has 3 aromatic carbocycles. The van der Waals surface area contributed by atoms with Crippen LogP contribution in [-0.4, -0.2) is 26.8 Å². The van der Waals surface area contributed by atoms with Crippen LogP contribution < -0.4 is 10.2 Å². The fourth-order valence-corrected chi connectivity index (χ4v) is 5.56. The van der Waals surface area contributed by atoms with Crippen LogP contribution >= 0.6 is 23.2 Å². The van der Waals surface area contributed by atoms with Gasteiger partial charge in [-0.1, -0.05) is 52.7 Å². The largest absolute Gasteiger partial charge is 0.309 e. The van der Waals surface area contributed by atoms with Crippen molar-refractivity contribution in [1.82, 2.24) is 15.0 Å². The summed E-state index contributed by atoms with van der Waals surface area (Å²) in [6.45, 7) is 2.04.